The molecule has 1 amide bonds. The largest absolute Gasteiger partial charge is 0.399 e. The first-order chi connectivity index (χ1) is 9.63. The van der Waals surface area contributed by atoms with E-state index < -0.39 is 0 Å². The Hall–Kier alpha value is -2.34. The van der Waals surface area contributed by atoms with E-state index in [0.717, 1.165) is 20.8 Å². The lowest BCUT2D eigenvalue weighted by molar-refractivity contribution is 0.0953. The fourth-order valence-electron chi connectivity index (χ4n) is 2.08. The molecule has 2 heterocycles. The highest BCUT2D eigenvalue weighted by Gasteiger charge is 2.12. The Labute approximate surface area is 119 Å². The van der Waals surface area contributed by atoms with E-state index in [-0.39, 0.29) is 5.91 Å². The Kier molecular flexibility index (Phi) is 3.15. The smallest absolute Gasteiger partial charge is 0.253 e. The minimum Gasteiger partial charge on any atom is -0.399 e. The molecule has 0 aliphatic carbocycles. The van der Waals surface area contributed by atoms with Crippen LogP contribution in [0.1, 0.15) is 20.2 Å². The number of carbonyl (C=O) groups excluding carboxylic acids is 1. The number of nitrogens with two attached hydrogens (primary N) is 1. The molecule has 0 bridgehead atoms. The molecular formula is C14H14N4OS. The average Bonchev–Trinajstić information content (AvgIpc) is 3.02. The zero-order valence-corrected chi connectivity index (χ0v) is 11.8. The van der Waals surface area contributed by atoms with Gasteiger partial charge in [-0.15, -0.1) is 11.3 Å². The monoisotopic (exact) mass is 286 g/mol. The summed E-state index contributed by atoms with van der Waals surface area (Å²) < 4.78 is 0. The Morgan fingerprint density at radius 3 is 3.10 bits per heavy atom. The molecule has 6 heteroatoms. The van der Waals surface area contributed by atoms with E-state index in [1.165, 1.54) is 0 Å². The Bertz CT molecular complexity index is 774. The first-order valence-electron chi connectivity index (χ1n) is 6.19. The van der Waals surface area contributed by atoms with Crippen LogP contribution in [-0.4, -0.2) is 15.9 Å². The third kappa shape index (κ3) is 2.37. The van der Waals surface area contributed by atoms with Crippen LogP contribution in [0.4, 0.5) is 5.69 Å². The van der Waals surface area contributed by atoms with Crippen molar-refractivity contribution in [1.29, 1.82) is 0 Å². The second kappa shape index (κ2) is 4.97. The molecule has 2 aromatic heterocycles. The van der Waals surface area contributed by atoms with Crippen LogP contribution in [0, 0.1) is 6.92 Å². The van der Waals surface area contributed by atoms with Gasteiger partial charge >= 0.3 is 0 Å². The van der Waals surface area contributed by atoms with E-state index in [2.05, 4.69) is 15.3 Å². The van der Waals surface area contributed by atoms with Gasteiger partial charge in [-0.2, -0.15) is 0 Å². The number of aromatic amines is 1. The second-order valence-corrected chi connectivity index (χ2v) is 5.85. The summed E-state index contributed by atoms with van der Waals surface area (Å²) in [5.74, 6) is -0.118. The third-order valence-electron chi connectivity index (χ3n) is 3.04. The molecule has 5 nitrogen and oxygen atoms in total. The molecule has 0 fully saturated rings. The van der Waals surface area contributed by atoms with E-state index in [0.29, 0.717) is 17.8 Å². The van der Waals surface area contributed by atoms with Gasteiger partial charge in [0.25, 0.3) is 5.91 Å². The summed E-state index contributed by atoms with van der Waals surface area (Å²) in [5, 5.41) is 4.73. The summed E-state index contributed by atoms with van der Waals surface area (Å²) in [5.41, 5.74) is 7.92. The van der Waals surface area contributed by atoms with Crippen molar-refractivity contribution in [1.82, 2.24) is 15.3 Å². The number of fused-ring (bicyclic) bond motifs is 1. The minimum absolute atomic E-state index is 0.118. The number of nitrogens with zero attached hydrogens (tertiary/aromatic N) is 1. The molecule has 0 spiro atoms. The van der Waals surface area contributed by atoms with Gasteiger partial charge < -0.3 is 16.0 Å². The van der Waals surface area contributed by atoms with Gasteiger partial charge in [-0.3, -0.25) is 4.79 Å². The number of aryl methyl sites for hydroxylation is 1. The number of rotatable bonds is 3. The van der Waals surface area contributed by atoms with Gasteiger partial charge in [0.05, 0.1) is 17.1 Å². The van der Waals surface area contributed by atoms with Gasteiger partial charge in [0.15, 0.2) is 0 Å². The van der Waals surface area contributed by atoms with Crippen molar-refractivity contribution in [3.05, 3.63) is 46.0 Å². The van der Waals surface area contributed by atoms with Crippen LogP contribution in [0.25, 0.3) is 10.9 Å². The number of hydrogen-bond acceptors (Lipinski definition) is 4. The zero-order chi connectivity index (χ0) is 14.1. The molecule has 1 aromatic carbocycles. The summed E-state index contributed by atoms with van der Waals surface area (Å²) in [6, 6.07) is 5.48. The van der Waals surface area contributed by atoms with Crippen LogP contribution in [-0.2, 0) is 6.54 Å². The summed E-state index contributed by atoms with van der Waals surface area (Å²) >= 11 is 1.58. The third-order valence-corrected chi connectivity index (χ3v) is 3.96. The second-order valence-electron chi connectivity index (χ2n) is 4.54. The van der Waals surface area contributed by atoms with Crippen molar-refractivity contribution in [2.45, 2.75) is 13.5 Å². The van der Waals surface area contributed by atoms with Crippen LogP contribution < -0.4 is 11.1 Å². The van der Waals surface area contributed by atoms with Crippen LogP contribution >= 0.6 is 11.3 Å². The topological polar surface area (TPSA) is 83.8 Å². The first kappa shape index (κ1) is 12.7. The number of nitrogens with one attached hydrogen (secondary N) is 2. The summed E-state index contributed by atoms with van der Waals surface area (Å²) in [6.45, 7) is 2.43. The van der Waals surface area contributed by atoms with Crippen molar-refractivity contribution < 1.29 is 4.79 Å². The van der Waals surface area contributed by atoms with Crippen molar-refractivity contribution in [2.75, 3.05) is 5.73 Å². The number of aromatic nitrogens is 2. The molecule has 0 atom stereocenters. The number of hydrogen-bond donors (Lipinski definition) is 3. The number of nitrogen functional groups attached to an aromatic ring is 1. The molecule has 3 aromatic rings. The van der Waals surface area contributed by atoms with Gasteiger partial charge in [0, 0.05) is 33.9 Å². The highest BCUT2D eigenvalue weighted by Crippen LogP contribution is 2.21. The van der Waals surface area contributed by atoms with E-state index in [4.69, 9.17) is 5.73 Å². The number of amides is 1. The summed E-state index contributed by atoms with van der Waals surface area (Å²) in [7, 11) is 0. The first-order valence-corrected chi connectivity index (χ1v) is 7.01. The van der Waals surface area contributed by atoms with Gasteiger partial charge in [-0.05, 0) is 25.1 Å². The molecule has 0 saturated carbocycles. The lowest BCUT2D eigenvalue weighted by Crippen LogP contribution is -2.22. The van der Waals surface area contributed by atoms with Crippen LogP contribution in [0.15, 0.2) is 30.6 Å². The molecule has 0 aliphatic heterocycles. The van der Waals surface area contributed by atoms with Crippen LogP contribution in [0.5, 0.6) is 0 Å². The van der Waals surface area contributed by atoms with Crippen LogP contribution in [0.2, 0.25) is 0 Å². The fraction of sp³-hybridized carbons (Fsp3) is 0.143. The van der Waals surface area contributed by atoms with Gasteiger partial charge in [0.1, 0.15) is 0 Å². The molecule has 0 radical (unpaired) electrons. The minimum atomic E-state index is -0.118. The summed E-state index contributed by atoms with van der Waals surface area (Å²) in [6.07, 6.45) is 3.49. The number of anilines is 1. The Morgan fingerprint density at radius 1 is 1.50 bits per heavy atom. The number of H-pyrrole nitrogens is 1. The number of thiazole rings is 1. The zero-order valence-electron chi connectivity index (χ0n) is 10.9. The van der Waals surface area contributed by atoms with E-state index in [9.17, 15) is 4.79 Å². The summed E-state index contributed by atoms with van der Waals surface area (Å²) in [4.78, 5) is 20.5. The molecule has 0 saturated heterocycles. The Morgan fingerprint density at radius 2 is 2.35 bits per heavy atom. The van der Waals surface area contributed by atoms with E-state index in [1.54, 1.807) is 35.9 Å². The molecular weight excluding hydrogens is 272 g/mol. The molecule has 0 unspecified atom stereocenters. The lowest BCUT2D eigenvalue weighted by atomic mass is 10.1. The predicted octanol–water partition coefficient (Wildman–Crippen LogP) is 2.45. The van der Waals surface area contributed by atoms with Gasteiger partial charge in [-0.25, -0.2) is 4.98 Å². The van der Waals surface area contributed by atoms with Crippen LogP contribution in [0.3, 0.4) is 0 Å². The highest BCUT2D eigenvalue weighted by molar-refractivity contribution is 7.11. The van der Waals surface area contributed by atoms with Gasteiger partial charge in [-0.1, -0.05) is 0 Å². The SMILES string of the molecule is Cc1ncc(CNC(=O)c2c[nH]c3ccc(N)cc23)s1. The predicted molar refractivity (Wildman–Crippen MR) is 80.7 cm³/mol. The van der Waals surface area contributed by atoms with E-state index in [1.807, 2.05) is 13.0 Å². The molecule has 20 heavy (non-hydrogen) atoms. The van der Waals surface area contributed by atoms with E-state index >= 15 is 0 Å². The maximum absolute atomic E-state index is 12.2. The fourth-order valence-corrected chi connectivity index (χ4v) is 2.81. The molecule has 102 valence electrons. The normalized spacial score (nSPS) is 10.8. The van der Waals surface area contributed by atoms with Crippen molar-refractivity contribution in [2.24, 2.45) is 0 Å². The standard InChI is InChI=1S/C14H14N4OS/c1-8-16-5-10(20-8)6-18-14(19)12-7-17-13-3-2-9(15)4-11(12)13/h2-5,7,17H,6,15H2,1H3,(H,18,19). The quantitative estimate of drug-likeness (QED) is 0.647. The van der Waals surface area contributed by atoms with Crippen molar-refractivity contribution in [3.63, 3.8) is 0 Å². The maximum atomic E-state index is 12.2. The maximum Gasteiger partial charge on any atom is 0.253 e. The Balaban J connectivity index is 1.80. The van der Waals surface area contributed by atoms with Crippen molar-refractivity contribution in [3.8, 4) is 0 Å². The molecule has 0 aliphatic rings. The number of benzene rings is 1. The average molecular weight is 286 g/mol. The lowest BCUT2D eigenvalue weighted by Gasteiger charge is -2.02. The molecule has 3 rings (SSSR count). The van der Waals surface area contributed by atoms with Crippen molar-refractivity contribution >= 4 is 33.8 Å². The highest BCUT2D eigenvalue weighted by atomic mass is 32.1. The van der Waals surface area contributed by atoms with Gasteiger partial charge in [0.2, 0.25) is 0 Å². The molecule has 4 N–H and O–H groups in total. The number of carbonyl (C=O) groups is 1.